The van der Waals surface area contributed by atoms with E-state index in [0.717, 1.165) is 11.3 Å². The number of likely N-dealkylation sites (tertiary alicyclic amines) is 1. The van der Waals surface area contributed by atoms with Crippen molar-refractivity contribution >= 4 is 17.5 Å². The monoisotopic (exact) mass is 368 g/mol. The Morgan fingerprint density at radius 3 is 2.93 bits per heavy atom. The first-order chi connectivity index (χ1) is 12.9. The van der Waals surface area contributed by atoms with Crippen molar-refractivity contribution < 1.29 is 14.3 Å². The van der Waals surface area contributed by atoms with Crippen molar-refractivity contribution in [3.8, 4) is 0 Å². The zero-order chi connectivity index (χ0) is 18.9. The van der Waals surface area contributed by atoms with E-state index in [1.54, 1.807) is 0 Å². The van der Waals surface area contributed by atoms with Crippen molar-refractivity contribution in [2.24, 2.45) is 5.92 Å². The number of aromatic nitrogens is 2. The van der Waals surface area contributed by atoms with E-state index < -0.39 is 5.72 Å². The Balaban J connectivity index is 1.50. The van der Waals surface area contributed by atoms with Gasteiger partial charge in [0.25, 0.3) is 5.91 Å². The highest BCUT2D eigenvalue weighted by molar-refractivity contribution is 5.96. The van der Waals surface area contributed by atoms with E-state index in [0.29, 0.717) is 37.6 Å². The Hall–Kier alpha value is -2.41. The number of carbonyl (C=O) groups excluding carboxylic acids is 2. The number of rotatable bonds is 2. The summed E-state index contributed by atoms with van der Waals surface area (Å²) < 4.78 is 8.15. The lowest BCUT2D eigenvalue weighted by Crippen LogP contribution is -2.51. The number of pyridine rings is 1. The normalized spacial score (nSPS) is 29.9. The van der Waals surface area contributed by atoms with Crippen LogP contribution in [0.2, 0.25) is 0 Å². The van der Waals surface area contributed by atoms with Crippen molar-refractivity contribution in [1.29, 1.82) is 0 Å². The van der Waals surface area contributed by atoms with Gasteiger partial charge < -0.3 is 18.9 Å². The molecule has 7 nitrogen and oxygen atoms in total. The van der Waals surface area contributed by atoms with Gasteiger partial charge in [-0.05, 0) is 25.0 Å². The van der Waals surface area contributed by atoms with Crippen LogP contribution in [0.3, 0.4) is 0 Å². The molecule has 3 fully saturated rings. The zero-order valence-corrected chi connectivity index (χ0v) is 15.9. The molecule has 0 aliphatic carbocycles. The van der Waals surface area contributed by atoms with Gasteiger partial charge in [-0.25, -0.2) is 4.98 Å². The lowest BCUT2D eigenvalue weighted by atomic mass is 10.0. The lowest BCUT2D eigenvalue weighted by molar-refractivity contribution is -0.139. The number of fused-ring (bicyclic) bond motifs is 1. The Morgan fingerprint density at radius 1 is 1.37 bits per heavy atom. The van der Waals surface area contributed by atoms with Crippen LogP contribution < -0.4 is 0 Å². The number of carbonyl (C=O) groups is 2. The van der Waals surface area contributed by atoms with Gasteiger partial charge in [-0.15, -0.1) is 0 Å². The third-order valence-electron chi connectivity index (χ3n) is 6.49. The summed E-state index contributed by atoms with van der Waals surface area (Å²) in [4.78, 5) is 34.4. The minimum absolute atomic E-state index is 0.0921. The Labute approximate surface area is 157 Å². The molecule has 3 aliphatic rings. The summed E-state index contributed by atoms with van der Waals surface area (Å²) in [6.45, 7) is 7.28. The van der Waals surface area contributed by atoms with E-state index in [4.69, 9.17) is 4.74 Å². The van der Waals surface area contributed by atoms with Crippen molar-refractivity contribution in [3.05, 3.63) is 35.8 Å². The fourth-order valence-corrected chi connectivity index (χ4v) is 5.07. The summed E-state index contributed by atoms with van der Waals surface area (Å²) in [6, 6.07) is 5.59. The third-order valence-corrected chi connectivity index (χ3v) is 6.49. The van der Waals surface area contributed by atoms with Gasteiger partial charge >= 0.3 is 0 Å². The van der Waals surface area contributed by atoms with E-state index in [1.807, 2.05) is 45.5 Å². The highest BCUT2D eigenvalue weighted by atomic mass is 16.5. The molecule has 27 heavy (non-hydrogen) atoms. The summed E-state index contributed by atoms with van der Waals surface area (Å²) in [5.74, 6) is 0.322. The maximum atomic E-state index is 13.4. The lowest BCUT2D eigenvalue weighted by Gasteiger charge is -2.34. The number of imidazole rings is 1. The number of amides is 2. The molecule has 0 unspecified atom stereocenters. The minimum Gasteiger partial charge on any atom is -0.351 e. The smallest absolute Gasteiger partial charge is 0.274 e. The van der Waals surface area contributed by atoms with E-state index in [2.05, 4.69) is 18.8 Å². The molecule has 3 saturated heterocycles. The molecule has 0 saturated carbocycles. The van der Waals surface area contributed by atoms with Crippen LogP contribution in [0.4, 0.5) is 0 Å². The van der Waals surface area contributed by atoms with Crippen LogP contribution in [0.25, 0.3) is 5.65 Å². The fourth-order valence-electron chi connectivity index (χ4n) is 5.07. The third kappa shape index (κ3) is 2.09. The van der Waals surface area contributed by atoms with Crippen LogP contribution >= 0.6 is 0 Å². The number of nitrogens with zero attached hydrogens (tertiary/aromatic N) is 4. The predicted molar refractivity (Wildman–Crippen MR) is 98.1 cm³/mol. The van der Waals surface area contributed by atoms with Crippen LogP contribution in [0.1, 0.15) is 42.9 Å². The van der Waals surface area contributed by atoms with Gasteiger partial charge in [0.2, 0.25) is 5.91 Å². The second-order valence-electron chi connectivity index (χ2n) is 8.17. The molecule has 0 radical (unpaired) electrons. The first-order valence-corrected chi connectivity index (χ1v) is 9.65. The van der Waals surface area contributed by atoms with Crippen molar-refractivity contribution in [1.82, 2.24) is 19.2 Å². The molecule has 1 spiro atoms. The van der Waals surface area contributed by atoms with Crippen LogP contribution in [0.15, 0.2) is 24.4 Å². The molecule has 5 heterocycles. The molecule has 0 bridgehead atoms. The molecular weight excluding hydrogens is 344 g/mol. The molecule has 0 N–H and O–H groups in total. The second-order valence-corrected chi connectivity index (χ2v) is 8.17. The van der Waals surface area contributed by atoms with Gasteiger partial charge in [-0.1, -0.05) is 19.9 Å². The standard InChI is InChI=1S/C20H24N4O3/c1-12(2)14-11-27-20-7-9-23(15(20)10-17(25)24(14)20)19(26)18-13(3)22-8-5-4-6-16(22)21-18/h4-6,8,12,14-15H,7,9-11H2,1-3H3/t14-,15+,20-/m0/s1. The molecule has 2 amide bonds. The van der Waals surface area contributed by atoms with Gasteiger partial charge in [-0.2, -0.15) is 0 Å². The van der Waals surface area contributed by atoms with Gasteiger partial charge in [0.05, 0.1) is 30.8 Å². The molecule has 5 rings (SSSR count). The topological polar surface area (TPSA) is 67.2 Å². The van der Waals surface area contributed by atoms with Gasteiger partial charge in [0.1, 0.15) is 11.3 Å². The average molecular weight is 368 g/mol. The van der Waals surface area contributed by atoms with Crippen LogP contribution in [-0.2, 0) is 9.53 Å². The molecule has 2 aromatic heterocycles. The largest absolute Gasteiger partial charge is 0.351 e. The van der Waals surface area contributed by atoms with Crippen LogP contribution in [0.5, 0.6) is 0 Å². The quantitative estimate of drug-likeness (QED) is 0.811. The Kier molecular flexibility index (Phi) is 3.44. The molecule has 3 aliphatic heterocycles. The predicted octanol–water partition coefficient (Wildman–Crippen LogP) is 1.84. The van der Waals surface area contributed by atoms with Gasteiger partial charge in [-0.3, -0.25) is 9.59 Å². The fraction of sp³-hybridized carbons (Fsp3) is 0.550. The molecule has 7 heteroatoms. The molecule has 142 valence electrons. The maximum Gasteiger partial charge on any atom is 0.274 e. The van der Waals surface area contributed by atoms with Crippen molar-refractivity contribution in [3.63, 3.8) is 0 Å². The summed E-state index contributed by atoms with van der Waals surface area (Å²) in [7, 11) is 0. The minimum atomic E-state index is -0.644. The highest BCUT2D eigenvalue weighted by Crippen LogP contribution is 2.49. The van der Waals surface area contributed by atoms with E-state index >= 15 is 0 Å². The van der Waals surface area contributed by atoms with Crippen molar-refractivity contribution in [2.75, 3.05) is 13.2 Å². The summed E-state index contributed by atoms with van der Waals surface area (Å²) in [6.07, 6.45) is 2.92. The van der Waals surface area contributed by atoms with Crippen LogP contribution in [-0.4, -0.2) is 62.0 Å². The summed E-state index contributed by atoms with van der Waals surface area (Å²) in [5, 5.41) is 0. The van der Waals surface area contributed by atoms with E-state index in [-0.39, 0.29) is 23.9 Å². The van der Waals surface area contributed by atoms with Gasteiger partial charge in [0, 0.05) is 19.2 Å². The molecular formula is C20H24N4O3. The summed E-state index contributed by atoms with van der Waals surface area (Å²) in [5.41, 5.74) is 1.40. The first kappa shape index (κ1) is 16.7. The maximum absolute atomic E-state index is 13.4. The average Bonchev–Trinajstić information content (AvgIpc) is 3.35. The first-order valence-electron chi connectivity index (χ1n) is 9.65. The molecule has 3 atom stereocenters. The van der Waals surface area contributed by atoms with E-state index in [1.165, 1.54) is 0 Å². The van der Waals surface area contributed by atoms with Gasteiger partial charge in [0.15, 0.2) is 5.72 Å². The SMILES string of the molecule is Cc1c(C(=O)N2CC[C@@]34OC[C@@H](C(C)C)N3C(=O)C[C@@H]24)nc2ccccn12. The Morgan fingerprint density at radius 2 is 2.19 bits per heavy atom. The summed E-state index contributed by atoms with van der Waals surface area (Å²) >= 11 is 0. The zero-order valence-electron chi connectivity index (χ0n) is 15.9. The number of hydrogen-bond donors (Lipinski definition) is 0. The molecule has 2 aromatic rings. The van der Waals surface area contributed by atoms with Crippen LogP contribution in [0, 0.1) is 12.8 Å². The molecule has 0 aromatic carbocycles. The number of ether oxygens (including phenoxy) is 1. The second kappa shape index (κ2) is 5.55. The highest BCUT2D eigenvalue weighted by Gasteiger charge is 2.65. The number of hydrogen-bond acceptors (Lipinski definition) is 4. The van der Waals surface area contributed by atoms with Crippen molar-refractivity contribution in [2.45, 2.75) is 51.4 Å². The van der Waals surface area contributed by atoms with E-state index in [9.17, 15) is 9.59 Å². The number of aryl methyl sites for hydroxylation is 1. The Bertz CT molecular complexity index is 952.